The molecule has 0 N–H and O–H groups in total. The lowest BCUT2D eigenvalue weighted by Gasteiger charge is -2.41. The summed E-state index contributed by atoms with van der Waals surface area (Å²) < 4.78 is 28.5. The Morgan fingerprint density at radius 3 is 1.01 bits per heavy atom. The SMILES string of the molecule is CC(C)(C)c1ccc2c(c1)c1cc(C(C)(C)C)ccc1n2-c1ccc2c(c1)Oc1cc(-c3cc4c5c(c3)Oc3cc(-c6c(-c7ccccc7)cccc6-c6ccccc6)ccc3B5c3ccc(-c5ccccc5-c5ccccc5)cc3O4)cc3c1B2c1ccc(-n2c4ccc(C(C)(C)C)cc4c4cc(C(C)(C)C)ccc42)cc1N3c1ccc(-c2ccccc2)cc1-c1ccccc1. The van der Waals surface area contributed by atoms with Gasteiger partial charge in [-0.15, -0.1) is 0 Å². The van der Waals surface area contributed by atoms with Gasteiger partial charge >= 0.3 is 0 Å². The van der Waals surface area contributed by atoms with Crippen LogP contribution in [-0.4, -0.2) is 22.6 Å². The quantitative estimate of drug-likeness (QED) is 0.121. The maximum Gasteiger partial charge on any atom is 0.260 e. The number of fused-ring (bicyclic) bond motifs is 14. The van der Waals surface area contributed by atoms with E-state index in [1.807, 2.05) is 0 Å². The Kier molecular flexibility index (Phi) is 18.4. The number of aromatic nitrogens is 2. The van der Waals surface area contributed by atoms with Crippen LogP contribution in [0.5, 0.6) is 34.5 Å². The maximum absolute atomic E-state index is 8.03. The number of ether oxygens (including phenoxy) is 3. The normalized spacial score (nSPS) is 13.1. The van der Waals surface area contributed by atoms with Crippen molar-refractivity contribution in [2.24, 2.45) is 0 Å². The largest absolute Gasteiger partial charge is 0.458 e. The highest BCUT2D eigenvalue weighted by atomic mass is 16.5. The van der Waals surface area contributed by atoms with E-state index in [0.717, 1.165) is 207 Å². The predicted molar refractivity (Wildman–Crippen MR) is 557 cm³/mol. The fraction of sp³-hybridized carbons (Fsp3) is 0.129. The Labute approximate surface area is 773 Å². The average Bonchev–Trinajstić information content (AvgIpc) is 1.14. The third-order valence-electron chi connectivity index (χ3n) is 28.3. The zero-order valence-corrected chi connectivity index (χ0v) is 76.6. The van der Waals surface area contributed by atoms with Gasteiger partial charge in [-0.1, -0.05) is 344 Å². The van der Waals surface area contributed by atoms with Gasteiger partial charge in [-0.05, 0) is 270 Å². The van der Waals surface area contributed by atoms with E-state index in [-0.39, 0.29) is 35.1 Å². The van der Waals surface area contributed by atoms with Crippen molar-refractivity contribution in [1.82, 2.24) is 9.13 Å². The highest BCUT2D eigenvalue weighted by Gasteiger charge is 2.46. The Morgan fingerprint density at radius 1 is 0.205 bits per heavy atom. The molecule has 0 amide bonds. The first-order chi connectivity index (χ1) is 63.9. The zero-order valence-electron chi connectivity index (χ0n) is 76.6. The average molecular weight is 1700 g/mol. The summed E-state index contributed by atoms with van der Waals surface area (Å²) in [6.45, 7) is 27.2. The van der Waals surface area contributed by atoms with Gasteiger partial charge in [0.15, 0.2) is 0 Å². The molecule has 0 spiro atoms. The molecule has 24 rings (SSSR count). The van der Waals surface area contributed by atoms with Crippen molar-refractivity contribution in [1.29, 1.82) is 0 Å². The van der Waals surface area contributed by atoms with Crippen LogP contribution in [0, 0.1) is 0 Å². The molecule has 8 heteroatoms. The van der Waals surface area contributed by atoms with Crippen molar-refractivity contribution < 1.29 is 14.2 Å². The lowest BCUT2D eigenvalue weighted by molar-refractivity contribution is 0.465. The molecule has 20 aromatic rings. The number of hydrogen-bond acceptors (Lipinski definition) is 4. The summed E-state index contributed by atoms with van der Waals surface area (Å²) in [7, 11) is 0. The van der Waals surface area contributed by atoms with E-state index in [2.05, 4.69) is 479 Å². The second-order valence-electron chi connectivity index (χ2n) is 40.7. The molecule has 4 aliphatic rings. The molecule has 132 heavy (non-hydrogen) atoms. The molecular weight excluding hydrogens is 1600 g/mol. The van der Waals surface area contributed by atoms with Crippen molar-refractivity contribution in [3.8, 4) is 135 Å². The van der Waals surface area contributed by atoms with Gasteiger partial charge in [0.2, 0.25) is 0 Å². The minimum Gasteiger partial charge on any atom is -0.458 e. The Hall–Kier alpha value is -15.1. The lowest BCUT2D eigenvalue weighted by Crippen LogP contribution is -2.59. The Balaban J connectivity index is 0.769. The molecule has 0 aliphatic carbocycles. The van der Waals surface area contributed by atoms with Gasteiger partial charge in [0, 0.05) is 61.4 Å². The summed E-state index contributed by atoms with van der Waals surface area (Å²) in [4.78, 5) is 2.59. The van der Waals surface area contributed by atoms with E-state index in [1.54, 1.807) is 0 Å². The number of rotatable bonds is 11. The molecule has 18 aromatic carbocycles. The first-order valence-electron chi connectivity index (χ1n) is 46.5. The molecule has 2 aromatic heterocycles. The molecule has 0 fully saturated rings. The summed E-state index contributed by atoms with van der Waals surface area (Å²) in [5, 5.41) is 4.93. The second-order valence-corrected chi connectivity index (χ2v) is 40.7. The van der Waals surface area contributed by atoms with Crippen LogP contribution in [0.1, 0.15) is 105 Å². The van der Waals surface area contributed by atoms with E-state index in [9.17, 15) is 0 Å². The fourth-order valence-electron chi connectivity index (χ4n) is 21.4. The molecule has 0 saturated heterocycles. The molecule has 0 saturated carbocycles. The number of hydrogen-bond donors (Lipinski definition) is 0. The van der Waals surface area contributed by atoms with Crippen molar-refractivity contribution in [3.05, 3.63) is 404 Å². The number of anilines is 3. The van der Waals surface area contributed by atoms with Crippen LogP contribution in [0.3, 0.4) is 0 Å². The number of nitrogens with zero attached hydrogens (tertiary/aromatic N) is 3. The minimum atomic E-state index is -0.315. The molecule has 634 valence electrons. The smallest absolute Gasteiger partial charge is 0.260 e. The maximum atomic E-state index is 8.03. The summed E-state index contributed by atoms with van der Waals surface area (Å²) in [6, 6.07) is 143. The van der Waals surface area contributed by atoms with Crippen LogP contribution in [0.4, 0.5) is 17.1 Å². The molecule has 0 atom stereocenters. The van der Waals surface area contributed by atoms with Gasteiger partial charge in [-0.2, -0.15) is 0 Å². The van der Waals surface area contributed by atoms with E-state index < -0.39 is 0 Å². The van der Waals surface area contributed by atoms with Gasteiger partial charge in [0.25, 0.3) is 13.4 Å². The zero-order chi connectivity index (χ0) is 89.5. The molecular formula is C124H99B2N3O3. The highest BCUT2D eigenvalue weighted by Crippen LogP contribution is 2.53. The molecule has 6 nitrogen and oxygen atoms in total. The van der Waals surface area contributed by atoms with Gasteiger partial charge in [0.1, 0.15) is 34.5 Å². The van der Waals surface area contributed by atoms with Crippen molar-refractivity contribution in [2.75, 3.05) is 4.90 Å². The van der Waals surface area contributed by atoms with Crippen LogP contribution in [0.2, 0.25) is 0 Å². The third-order valence-corrected chi connectivity index (χ3v) is 28.3. The van der Waals surface area contributed by atoms with Crippen molar-refractivity contribution >= 4 is 107 Å². The van der Waals surface area contributed by atoms with Gasteiger partial charge in [-0.3, -0.25) is 0 Å². The predicted octanol–water partition coefficient (Wildman–Crippen LogP) is 29.5. The number of benzene rings is 18. The molecule has 4 aliphatic heterocycles. The standard InChI is InChI=1S/C124H99B2N3O3/c1-121(2,3)86-48-59-106-97(70-86)98-71-87(122(4,5)6)49-60-107(98)127(106)90-52-56-101-110(74-90)129(105-58-47-81(76-31-18-13-19-32-76)63-96(105)80-39-26-17-27-40-80)111-64-84(67-115-119(111)125(101)104-57-53-91(75-114(104)132-115)128-108-61-50-88(123(7,8)9)72-99(108)100-73-89(124(10,11)12)51-62-109(100)128)85-68-116-120-117(69-85)131-113-66-83(118-94(78-35-22-15-23-36-78)43-30-44-95(118)79-37-24-16-25-38-79)46-55-103(113)126(120)102-54-45-82(65-112(102)130-116)93-42-29-28-41-92(93)77-33-20-14-21-34-77/h13-75H,1-12H3. The van der Waals surface area contributed by atoms with Crippen LogP contribution in [0.25, 0.3) is 144 Å². The van der Waals surface area contributed by atoms with Crippen LogP contribution in [0.15, 0.2) is 382 Å². The third kappa shape index (κ3) is 13.3. The topological polar surface area (TPSA) is 40.8 Å². The summed E-state index contributed by atoms with van der Waals surface area (Å²) in [5.74, 6) is 4.58. The van der Waals surface area contributed by atoms with E-state index >= 15 is 0 Å². The first-order valence-corrected chi connectivity index (χ1v) is 46.5. The summed E-state index contributed by atoms with van der Waals surface area (Å²) >= 11 is 0. The Bertz CT molecular complexity index is 7940. The van der Waals surface area contributed by atoms with E-state index in [1.165, 1.54) is 43.8 Å². The summed E-state index contributed by atoms with van der Waals surface area (Å²) in [5.41, 5.74) is 38.5. The fourth-order valence-corrected chi connectivity index (χ4v) is 21.4. The van der Waals surface area contributed by atoms with E-state index in [4.69, 9.17) is 14.2 Å². The molecule has 0 bridgehead atoms. The molecule has 0 unspecified atom stereocenters. The highest BCUT2D eigenvalue weighted by molar-refractivity contribution is 6.99. The Morgan fingerprint density at radius 2 is 0.545 bits per heavy atom. The van der Waals surface area contributed by atoms with Gasteiger partial charge in [0.05, 0.1) is 27.8 Å². The van der Waals surface area contributed by atoms with Gasteiger partial charge in [-0.25, -0.2) is 0 Å². The molecule has 6 heterocycles. The lowest BCUT2D eigenvalue weighted by atomic mass is 9.34. The minimum absolute atomic E-state index is 0.0734. The van der Waals surface area contributed by atoms with Crippen molar-refractivity contribution in [2.45, 2.75) is 105 Å². The second kappa shape index (κ2) is 30.2. The van der Waals surface area contributed by atoms with Crippen molar-refractivity contribution in [3.63, 3.8) is 0 Å². The van der Waals surface area contributed by atoms with Crippen LogP contribution >= 0.6 is 0 Å². The van der Waals surface area contributed by atoms with Crippen LogP contribution in [-0.2, 0) is 21.7 Å². The van der Waals surface area contributed by atoms with Gasteiger partial charge < -0.3 is 28.2 Å². The summed E-state index contributed by atoms with van der Waals surface area (Å²) in [6.07, 6.45) is 0. The van der Waals surface area contributed by atoms with Crippen LogP contribution < -0.4 is 51.9 Å². The monoisotopic (exact) mass is 1700 g/mol. The van der Waals surface area contributed by atoms with E-state index in [0.29, 0.717) is 0 Å². The first kappa shape index (κ1) is 80.2. The molecule has 0 radical (unpaired) electrons.